The van der Waals surface area contributed by atoms with Crippen LogP contribution in [0.4, 0.5) is 0 Å². The first-order chi connectivity index (χ1) is 9.00. The third-order valence-electron chi connectivity index (χ3n) is 4.68. The second-order valence-corrected chi connectivity index (χ2v) is 6.21. The molecule has 0 aromatic rings. The molecule has 1 rings (SSSR count). The lowest BCUT2D eigenvalue weighted by Crippen LogP contribution is -2.40. The summed E-state index contributed by atoms with van der Waals surface area (Å²) in [5.41, 5.74) is 5.99. The molecule has 2 N–H and O–H groups in total. The van der Waals surface area contributed by atoms with Gasteiger partial charge in [0.25, 0.3) is 0 Å². The van der Waals surface area contributed by atoms with E-state index in [-0.39, 0.29) is 5.91 Å². The van der Waals surface area contributed by atoms with E-state index in [4.69, 9.17) is 5.73 Å². The van der Waals surface area contributed by atoms with E-state index in [1.54, 1.807) is 0 Å². The standard InChI is InChI=1S/C15H31N3O/c1-4-15(2)7-12-18(13-8-15)11-6-14(19)17(3)10-5-9-16/h4-13,16H2,1-3H3. The lowest BCUT2D eigenvalue weighted by atomic mass is 9.78. The minimum absolute atomic E-state index is 0.247. The van der Waals surface area contributed by atoms with Crippen LogP contribution in [0.5, 0.6) is 0 Å². The summed E-state index contributed by atoms with van der Waals surface area (Å²) in [4.78, 5) is 16.2. The van der Waals surface area contributed by atoms with Gasteiger partial charge in [0.15, 0.2) is 0 Å². The molecule has 0 spiro atoms. The van der Waals surface area contributed by atoms with Gasteiger partial charge < -0.3 is 15.5 Å². The van der Waals surface area contributed by atoms with E-state index >= 15 is 0 Å². The lowest BCUT2D eigenvalue weighted by Gasteiger charge is -2.39. The van der Waals surface area contributed by atoms with Crippen LogP contribution in [0.15, 0.2) is 0 Å². The van der Waals surface area contributed by atoms with Crippen LogP contribution in [-0.4, -0.2) is 55.5 Å². The summed E-state index contributed by atoms with van der Waals surface area (Å²) < 4.78 is 0. The average molecular weight is 269 g/mol. The van der Waals surface area contributed by atoms with Gasteiger partial charge in [-0.15, -0.1) is 0 Å². The Morgan fingerprint density at radius 2 is 2.00 bits per heavy atom. The van der Waals surface area contributed by atoms with Gasteiger partial charge >= 0.3 is 0 Å². The Bertz CT molecular complexity index is 273. The predicted molar refractivity (Wildman–Crippen MR) is 80.0 cm³/mol. The van der Waals surface area contributed by atoms with Gasteiger partial charge in [0.2, 0.25) is 5.91 Å². The van der Waals surface area contributed by atoms with Crippen LogP contribution >= 0.6 is 0 Å². The summed E-state index contributed by atoms with van der Waals surface area (Å²) in [6.45, 7) is 9.30. The molecule has 0 saturated carbocycles. The van der Waals surface area contributed by atoms with Crippen molar-refractivity contribution in [2.24, 2.45) is 11.1 Å². The normalized spacial score (nSPS) is 19.4. The summed E-state index contributed by atoms with van der Waals surface area (Å²) in [6.07, 6.45) is 5.33. The van der Waals surface area contributed by atoms with Crippen molar-refractivity contribution in [2.45, 2.75) is 46.0 Å². The molecular formula is C15H31N3O. The number of nitrogens with two attached hydrogens (primary N) is 1. The molecule has 1 fully saturated rings. The molecule has 1 saturated heterocycles. The van der Waals surface area contributed by atoms with Crippen molar-refractivity contribution in [1.29, 1.82) is 0 Å². The summed E-state index contributed by atoms with van der Waals surface area (Å²) in [5.74, 6) is 0.247. The van der Waals surface area contributed by atoms with Crippen molar-refractivity contribution in [3.8, 4) is 0 Å². The predicted octanol–water partition coefficient (Wildman–Crippen LogP) is 1.70. The van der Waals surface area contributed by atoms with Gasteiger partial charge in [-0.2, -0.15) is 0 Å². The molecular weight excluding hydrogens is 238 g/mol. The highest BCUT2D eigenvalue weighted by molar-refractivity contribution is 5.76. The maximum Gasteiger partial charge on any atom is 0.223 e. The highest BCUT2D eigenvalue weighted by Crippen LogP contribution is 2.33. The second kappa shape index (κ2) is 7.85. The monoisotopic (exact) mass is 269 g/mol. The van der Waals surface area contributed by atoms with E-state index < -0.39 is 0 Å². The zero-order chi connectivity index (χ0) is 14.3. The number of carbonyl (C=O) groups is 1. The molecule has 112 valence electrons. The third-order valence-corrected chi connectivity index (χ3v) is 4.68. The van der Waals surface area contributed by atoms with Gasteiger partial charge in [0.1, 0.15) is 0 Å². The smallest absolute Gasteiger partial charge is 0.223 e. The number of amides is 1. The van der Waals surface area contributed by atoms with Gasteiger partial charge in [-0.3, -0.25) is 4.79 Å². The molecule has 0 radical (unpaired) electrons. The molecule has 0 bridgehead atoms. The van der Waals surface area contributed by atoms with Crippen molar-refractivity contribution in [1.82, 2.24) is 9.80 Å². The maximum atomic E-state index is 11.9. The first-order valence-corrected chi connectivity index (χ1v) is 7.67. The molecule has 19 heavy (non-hydrogen) atoms. The van der Waals surface area contributed by atoms with Crippen molar-refractivity contribution in [3.63, 3.8) is 0 Å². The highest BCUT2D eigenvalue weighted by Gasteiger charge is 2.28. The second-order valence-electron chi connectivity index (χ2n) is 6.21. The number of hydrogen-bond donors (Lipinski definition) is 1. The van der Waals surface area contributed by atoms with Crippen molar-refractivity contribution < 1.29 is 4.79 Å². The number of carbonyl (C=O) groups excluding carboxylic acids is 1. The SMILES string of the molecule is CCC1(C)CCN(CCC(=O)N(C)CCCN)CC1. The molecule has 4 heteroatoms. The Kier molecular flexibility index (Phi) is 6.80. The topological polar surface area (TPSA) is 49.6 Å². The number of rotatable bonds is 7. The maximum absolute atomic E-state index is 11.9. The van der Waals surface area contributed by atoms with Crippen LogP contribution in [0.2, 0.25) is 0 Å². The Balaban J connectivity index is 2.21. The first kappa shape index (κ1) is 16.4. The fourth-order valence-corrected chi connectivity index (χ4v) is 2.57. The van der Waals surface area contributed by atoms with Crippen LogP contribution in [0.3, 0.4) is 0 Å². The average Bonchev–Trinajstić information content (AvgIpc) is 2.43. The van der Waals surface area contributed by atoms with Gasteiger partial charge in [0, 0.05) is 26.6 Å². The molecule has 0 aromatic heterocycles. The van der Waals surface area contributed by atoms with Gasteiger partial charge in [-0.05, 0) is 44.3 Å². The summed E-state index contributed by atoms with van der Waals surface area (Å²) in [7, 11) is 1.88. The minimum atomic E-state index is 0.247. The number of hydrogen-bond acceptors (Lipinski definition) is 3. The van der Waals surface area contributed by atoms with Crippen LogP contribution in [0.25, 0.3) is 0 Å². The Labute approximate surface area is 118 Å². The molecule has 0 aliphatic carbocycles. The van der Waals surface area contributed by atoms with Crippen LogP contribution < -0.4 is 5.73 Å². The first-order valence-electron chi connectivity index (χ1n) is 7.67. The Morgan fingerprint density at radius 3 is 2.53 bits per heavy atom. The van der Waals surface area contributed by atoms with E-state index in [1.807, 2.05) is 11.9 Å². The quantitative estimate of drug-likeness (QED) is 0.765. The minimum Gasteiger partial charge on any atom is -0.346 e. The van der Waals surface area contributed by atoms with Crippen LogP contribution in [0, 0.1) is 5.41 Å². The van der Waals surface area contributed by atoms with Gasteiger partial charge in [0.05, 0.1) is 0 Å². The summed E-state index contributed by atoms with van der Waals surface area (Å²) >= 11 is 0. The van der Waals surface area contributed by atoms with E-state index in [0.29, 0.717) is 18.4 Å². The molecule has 4 nitrogen and oxygen atoms in total. The Morgan fingerprint density at radius 1 is 1.37 bits per heavy atom. The van der Waals surface area contributed by atoms with Crippen LogP contribution in [-0.2, 0) is 4.79 Å². The molecule has 0 unspecified atom stereocenters. The fourth-order valence-electron chi connectivity index (χ4n) is 2.57. The number of nitrogens with zero attached hydrogens (tertiary/aromatic N) is 2. The van der Waals surface area contributed by atoms with Crippen LogP contribution in [0.1, 0.15) is 46.0 Å². The van der Waals surface area contributed by atoms with E-state index in [2.05, 4.69) is 18.7 Å². The van der Waals surface area contributed by atoms with Gasteiger partial charge in [-0.25, -0.2) is 0 Å². The number of piperidine rings is 1. The highest BCUT2D eigenvalue weighted by atomic mass is 16.2. The molecule has 0 aromatic carbocycles. The number of likely N-dealkylation sites (tertiary alicyclic amines) is 1. The molecule has 1 aliphatic rings. The molecule has 1 heterocycles. The van der Waals surface area contributed by atoms with Crippen molar-refractivity contribution in [2.75, 3.05) is 39.8 Å². The largest absolute Gasteiger partial charge is 0.346 e. The molecule has 0 atom stereocenters. The lowest BCUT2D eigenvalue weighted by molar-refractivity contribution is -0.130. The summed E-state index contributed by atoms with van der Waals surface area (Å²) in [5, 5.41) is 0. The fraction of sp³-hybridized carbons (Fsp3) is 0.933. The van der Waals surface area contributed by atoms with E-state index in [1.165, 1.54) is 19.3 Å². The molecule has 1 aliphatic heterocycles. The summed E-state index contributed by atoms with van der Waals surface area (Å²) in [6, 6.07) is 0. The zero-order valence-corrected chi connectivity index (χ0v) is 13.0. The molecule has 1 amide bonds. The van der Waals surface area contributed by atoms with Crippen molar-refractivity contribution in [3.05, 3.63) is 0 Å². The third kappa shape index (κ3) is 5.49. The van der Waals surface area contributed by atoms with E-state index in [0.717, 1.165) is 32.6 Å². The van der Waals surface area contributed by atoms with Gasteiger partial charge in [-0.1, -0.05) is 20.3 Å². The zero-order valence-electron chi connectivity index (χ0n) is 13.0. The van der Waals surface area contributed by atoms with Crippen molar-refractivity contribution >= 4 is 5.91 Å². The van der Waals surface area contributed by atoms with E-state index in [9.17, 15) is 4.79 Å². The Hall–Kier alpha value is -0.610.